The summed E-state index contributed by atoms with van der Waals surface area (Å²) in [5.74, 6) is 1.75. The number of benzene rings is 9. The Bertz CT molecular complexity index is 4100. The van der Waals surface area contributed by atoms with Crippen LogP contribution in [0.3, 0.4) is 0 Å². The molecule has 0 saturated carbocycles. The second-order valence-electron chi connectivity index (χ2n) is 16.3. The van der Waals surface area contributed by atoms with E-state index in [4.69, 9.17) is 15.0 Å². The number of anilines is 3. The first-order valence-electron chi connectivity index (χ1n) is 21.6. The van der Waals surface area contributed by atoms with Crippen molar-refractivity contribution in [3.8, 4) is 28.5 Å². The molecular formula is C57H33N5S3. The molecule has 0 bridgehead atoms. The maximum atomic E-state index is 5.68. The van der Waals surface area contributed by atoms with Crippen LogP contribution < -0.4 is 4.90 Å². The van der Waals surface area contributed by atoms with Crippen LogP contribution in [0.5, 0.6) is 0 Å². The average Bonchev–Trinajstić information content (AvgIpc) is 4.13. The van der Waals surface area contributed by atoms with E-state index in [1.54, 1.807) is 0 Å². The van der Waals surface area contributed by atoms with Gasteiger partial charge in [0.15, 0.2) is 11.6 Å². The largest absolute Gasteiger partial charge is 0.309 e. The fourth-order valence-corrected chi connectivity index (χ4v) is 13.2. The summed E-state index contributed by atoms with van der Waals surface area (Å²) >= 11 is 5.45. The van der Waals surface area contributed by atoms with Crippen molar-refractivity contribution in [2.75, 3.05) is 4.90 Å². The Balaban J connectivity index is 1.12. The summed E-state index contributed by atoms with van der Waals surface area (Å²) in [6.07, 6.45) is 0. The van der Waals surface area contributed by atoms with Crippen LogP contribution in [0.4, 0.5) is 17.3 Å². The van der Waals surface area contributed by atoms with Crippen molar-refractivity contribution in [2.45, 2.75) is 0 Å². The van der Waals surface area contributed by atoms with Crippen LogP contribution in [0.25, 0.3) is 111 Å². The molecule has 0 aliphatic carbocycles. The molecule has 0 radical (unpaired) electrons. The lowest BCUT2D eigenvalue weighted by atomic mass is 10.1. The maximum absolute atomic E-state index is 5.68. The SMILES string of the molecule is c1ccc(-n2c3ccccc3c3cccc(-c4nc(-c5ccc6sc7ccccc7c6c5)nc(N(c5cccc6sc7ccccc7c56)c5cccc6sc7ccccc7c56)n4)c32)cc1. The van der Waals surface area contributed by atoms with Crippen molar-refractivity contribution in [3.05, 3.63) is 200 Å². The molecule has 0 fully saturated rings. The van der Waals surface area contributed by atoms with Gasteiger partial charge in [-0.25, -0.2) is 4.98 Å². The van der Waals surface area contributed by atoms with Crippen molar-refractivity contribution in [1.29, 1.82) is 0 Å². The molecule has 0 N–H and O–H groups in total. The summed E-state index contributed by atoms with van der Waals surface area (Å²) in [6.45, 7) is 0. The van der Waals surface area contributed by atoms with E-state index in [2.05, 4.69) is 210 Å². The normalized spacial score (nSPS) is 12.0. The van der Waals surface area contributed by atoms with Gasteiger partial charge in [-0.2, -0.15) is 9.97 Å². The molecule has 0 aliphatic heterocycles. The lowest BCUT2D eigenvalue weighted by Crippen LogP contribution is -2.16. The first-order valence-corrected chi connectivity index (χ1v) is 24.0. The Labute approximate surface area is 384 Å². The predicted octanol–water partition coefficient (Wildman–Crippen LogP) is 16.9. The van der Waals surface area contributed by atoms with Crippen molar-refractivity contribution in [2.24, 2.45) is 0 Å². The quantitative estimate of drug-likeness (QED) is 0.167. The van der Waals surface area contributed by atoms with E-state index >= 15 is 0 Å². The summed E-state index contributed by atoms with van der Waals surface area (Å²) < 4.78 is 9.74. The first kappa shape index (κ1) is 36.7. The van der Waals surface area contributed by atoms with Gasteiger partial charge in [-0.1, -0.05) is 115 Å². The van der Waals surface area contributed by atoms with E-state index in [1.807, 2.05) is 34.0 Å². The van der Waals surface area contributed by atoms with E-state index in [-0.39, 0.29) is 0 Å². The summed E-state index contributed by atoms with van der Waals surface area (Å²) in [7, 11) is 0. The van der Waals surface area contributed by atoms with E-state index in [0.717, 1.165) is 44.6 Å². The molecule has 9 aromatic carbocycles. The zero-order chi connectivity index (χ0) is 42.6. The monoisotopic (exact) mass is 883 g/mol. The lowest BCUT2D eigenvalue weighted by Gasteiger charge is -2.26. The second-order valence-corrected chi connectivity index (χ2v) is 19.6. The highest BCUT2D eigenvalue weighted by Crippen LogP contribution is 2.49. The third-order valence-electron chi connectivity index (χ3n) is 12.7. The number of fused-ring (bicyclic) bond motifs is 12. The lowest BCUT2D eigenvalue weighted by molar-refractivity contribution is 1.03. The summed E-state index contributed by atoms with van der Waals surface area (Å²) in [5.41, 5.74) is 7.13. The van der Waals surface area contributed by atoms with Crippen LogP contribution in [0.1, 0.15) is 0 Å². The topological polar surface area (TPSA) is 46.8 Å². The minimum absolute atomic E-state index is 0.546. The number of thiophene rings is 3. The molecule has 0 amide bonds. The molecule has 8 heteroatoms. The van der Waals surface area contributed by atoms with Crippen molar-refractivity contribution in [1.82, 2.24) is 19.5 Å². The highest BCUT2D eigenvalue weighted by Gasteiger charge is 2.27. The average molecular weight is 884 g/mol. The number of nitrogens with zero attached hydrogens (tertiary/aromatic N) is 5. The third kappa shape index (κ3) is 5.64. The van der Waals surface area contributed by atoms with Crippen LogP contribution in [0, 0.1) is 0 Å². The van der Waals surface area contributed by atoms with Gasteiger partial charge in [0.2, 0.25) is 5.95 Å². The van der Waals surface area contributed by atoms with Gasteiger partial charge in [-0.05, 0) is 84.9 Å². The highest BCUT2D eigenvalue weighted by atomic mass is 32.1. The van der Waals surface area contributed by atoms with Crippen LogP contribution in [0.2, 0.25) is 0 Å². The Morgan fingerprint density at radius 3 is 1.60 bits per heavy atom. The minimum Gasteiger partial charge on any atom is -0.309 e. The van der Waals surface area contributed by atoms with Gasteiger partial charge in [-0.3, -0.25) is 4.90 Å². The van der Waals surface area contributed by atoms with E-state index in [1.165, 1.54) is 65.9 Å². The van der Waals surface area contributed by atoms with Crippen LogP contribution in [-0.4, -0.2) is 19.5 Å². The molecular weight excluding hydrogens is 851 g/mol. The second kappa shape index (κ2) is 14.4. The minimum atomic E-state index is 0.546. The maximum Gasteiger partial charge on any atom is 0.238 e. The van der Waals surface area contributed by atoms with E-state index < -0.39 is 0 Å². The molecule has 65 heavy (non-hydrogen) atoms. The molecule has 304 valence electrons. The highest BCUT2D eigenvalue weighted by molar-refractivity contribution is 7.26. The van der Waals surface area contributed by atoms with Gasteiger partial charge in [0.25, 0.3) is 0 Å². The first-order chi connectivity index (χ1) is 32.2. The number of hydrogen-bond donors (Lipinski definition) is 0. The zero-order valence-electron chi connectivity index (χ0n) is 34.5. The standard InChI is InChI=1S/C57H33N5S3/c1-2-15-35(16-3-1)61-43-23-8-4-17-36(43)38-21-12-22-41(54(38)61)56-58-55(34-31-32-49-42(33-34)37-18-5-9-26-46(37)63-49)59-57(60-56)62(44-24-13-29-50-52(44)39-19-6-10-27-47(39)64-50)45-25-14-30-51-53(45)40-20-7-11-28-48(40)65-51/h1-33H. The Morgan fingerprint density at radius 1 is 0.369 bits per heavy atom. The van der Waals surface area contributed by atoms with Gasteiger partial charge in [0.1, 0.15) is 0 Å². The van der Waals surface area contributed by atoms with Gasteiger partial charge >= 0.3 is 0 Å². The zero-order valence-corrected chi connectivity index (χ0v) is 37.0. The Kier molecular flexibility index (Phi) is 8.12. The van der Waals surface area contributed by atoms with Gasteiger partial charge < -0.3 is 4.57 Å². The molecule has 5 aromatic heterocycles. The third-order valence-corrected chi connectivity index (χ3v) is 16.1. The van der Waals surface area contributed by atoms with Gasteiger partial charge in [0.05, 0.1) is 22.4 Å². The number of hydrogen-bond acceptors (Lipinski definition) is 7. The van der Waals surface area contributed by atoms with Crippen LogP contribution in [-0.2, 0) is 0 Å². The molecule has 0 atom stereocenters. The fourth-order valence-electron chi connectivity index (χ4n) is 9.85. The molecule has 5 nitrogen and oxygen atoms in total. The Hall–Kier alpha value is -7.75. The number of aromatic nitrogens is 4. The molecule has 0 saturated heterocycles. The van der Waals surface area contributed by atoms with Crippen molar-refractivity contribution < 1.29 is 0 Å². The van der Waals surface area contributed by atoms with Crippen molar-refractivity contribution >= 4 is 134 Å². The molecule has 0 spiro atoms. The molecule has 14 aromatic rings. The Morgan fingerprint density at radius 2 is 0.892 bits per heavy atom. The van der Waals surface area contributed by atoms with E-state index in [9.17, 15) is 0 Å². The van der Waals surface area contributed by atoms with Crippen molar-refractivity contribution in [3.63, 3.8) is 0 Å². The molecule has 5 heterocycles. The van der Waals surface area contributed by atoms with E-state index in [0.29, 0.717) is 17.6 Å². The number of rotatable bonds is 6. The van der Waals surface area contributed by atoms with Crippen LogP contribution in [0.15, 0.2) is 200 Å². The van der Waals surface area contributed by atoms with Gasteiger partial charge in [0, 0.05) is 88.1 Å². The summed E-state index contributed by atoms with van der Waals surface area (Å²) in [6, 6.07) is 71.8. The molecule has 0 unspecified atom stereocenters. The molecule has 14 rings (SSSR count). The summed E-state index contributed by atoms with van der Waals surface area (Å²) in [5, 5.41) is 9.49. The van der Waals surface area contributed by atoms with Gasteiger partial charge in [-0.15, -0.1) is 34.0 Å². The fraction of sp³-hybridized carbons (Fsp3) is 0. The number of para-hydroxylation sites is 3. The molecule has 0 aliphatic rings. The predicted molar refractivity (Wildman–Crippen MR) is 278 cm³/mol. The summed E-state index contributed by atoms with van der Waals surface area (Å²) in [4.78, 5) is 19.1. The smallest absolute Gasteiger partial charge is 0.238 e. The van der Waals surface area contributed by atoms with Crippen LogP contribution >= 0.6 is 34.0 Å².